The molecular weight excluding hydrogens is 364 g/mol. The summed E-state index contributed by atoms with van der Waals surface area (Å²) in [5, 5.41) is 16.8. The van der Waals surface area contributed by atoms with Crippen LogP contribution in [0.1, 0.15) is 54.9 Å². The number of nitrogens with one attached hydrogen (secondary N) is 3. The van der Waals surface area contributed by atoms with E-state index in [1.807, 2.05) is 27.7 Å². The van der Waals surface area contributed by atoms with Crippen molar-refractivity contribution in [2.45, 2.75) is 79.1 Å². The Balaban J connectivity index is 5.13. The Morgan fingerprint density at radius 2 is 1.29 bits per heavy atom. The summed E-state index contributed by atoms with van der Waals surface area (Å²) >= 11 is 0. The van der Waals surface area contributed by atoms with Crippen LogP contribution in [0.4, 0.5) is 0 Å². The summed E-state index contributed by atoms with van der Waals surface area (Å²) in [6.07, 6.45) is 0.629. The number of carbonyl (C=O) groups is 4. The minimum Gasteiger partial charge on any atom is -0.480 e. The highest BCUT2D eigenvalue weighted by Gasteiger charge is 2.31. The quantitative estimate of drug-likeness (QED) is 0.335. The molecule has 0 fully saturated rings. The van der Waals surface area contributed by atoms with Crippen LogP contribution in [0.15, 0.2) is 0 Å². The zero-order valence-electron chi connectivity index (χ0n) is 17.9. The van der Waals surface area contributed by atoms with Gasteiger partial charge in [-0.05, 0) is 24.7 Å². The molecule has 9 heteroatoms. The number of amides is 3. The third-order valence-corrected chi connectivity index (χ3v) is 4.80. The smallest absolute Gasteiger partial charge is 0.326 e. The predicted molar refractivity (Wildman–Crippen MR) is 106 cm³/mol. The maximum absolute atomic E-state index is 12.7. The van der Waals surface area contributed by atoms with E-state index >= 15 is 0 Å². The van der Waals surface area contributed by atoms with Crippen LogP contribution < -0.4 is 21.7 Å². The van der Waals surface area contributed by atoms with Crippen LogP contribution in [-0.4, -0.2) is 53.0 Å². The van der Waals surface area contributed by atoms with Crippen molar-refractivity contribution in [2.75, 3.05) is 0 Å². The first kappa shape index (κ1) is 25.8. The fourth-order valence-corrected chi connectivity index (χ4v) is 2.41. The highest BCUT2D eigenvalue weighted by Crippen LogP contribution is 2.10. The van der Waals surface area contributed by atoms with Gasteiger partial charge in [-0.25, -0.2) is 4.79 Å². The van der Waals surface area contributed by atoms with Gasteiger partial charge in [0.25, 0.3) is 0 Å². The van der Waals surface area contributed by atoms with Gasteiger partial charge in [0.2, 0.25) is 17.7 Å². The Morgan fingerprint density at radius 3 is 1.68 bits per heavy atom. The fourth-order valence-electron chi connectivity index (χ4n) is 2.41. The Kier molecular flexibility index (Phi) is 10.7. The standard InChI is InChI=1S/C19H36N4O5/c1-8-11(6)15(23-17(25)13(20)9(2)3)18(26)21-12(7)16(24)22-14(10(4)5)19(27)28/h9-15H,8,20H2,1-7H3,(H,21,26)(H,22,24)(H,23,25)(H,27,28). The molecule has 5 unspecified atom stereocenters. The van der Waals surface area contributed by atoms with Crippen molar-refractivity contribution in [3.05, 3.63) is 0 Å². The minimum atomic E-state index is -1.14. The van der Waals surface area contributed by atoms with E-state index in [1.54, 1.807) is 13.8 Å². The van der Waals surface area contributed by atoms with E-state index in [4.69, 9.17) is 5.73 Å². The van der Waals surface area contributed by atoms with Crippen LogP contribution in [-0.2, 0) is 19.2 Å². The van der Waals surface area contributed by atoms with Crippen LogP contribution in [0.5, 0.6) is 0 Å². The van der Waals surface area contributed by atoms with E-state index in [0.717, 1.165) is 0 Å². The summed E-state index contributed by atoms with van der Waals surface area (Å²) in [5.74, 6) is -3.28. The van der Waals surface area contributed by atoms with Gasteiger partial charge in [0.05, 0.1) is 6.04 Å². The monoisotopic (exact) mass is 400 g/mol. The molecule has 0 radical (unpaired) electrons. The molecule has 0 heterocycles. The average Bonchev–Trinajstić information content (AvgIpc) is 2.61. The van der Waals surface area contributed by atoms with E-state index in [9.17, 15) is 24.3 Å². The molecule has 0 aromatic carbocycles. The number of carbonyl (C=O) groups excluding carboxylic acids is 3. The first-order chi connectivity index (χ1) is 12.8. The van der Waals surface area contributed by atoms with Gasteiger partial charge >= 0.3 is 5.97 Å². The Morgan fingerprint density at radius 1 is 0.786 bits per heavy atom. The van der Waals surface area contributed by atoms with Gasteiger partial charge in [0, 0.05) is 0 Å². The summed E-state index contributed by atoms with van der Waals surface area (Å²) in [6.45, 7) is 12.1. The molecule has 28 heavy (non-hydrogen) atoms. The highest BCUT2D eigenvalue weighted by atomic mass is 16.4. The van der Waals surface area contributed by atoms with Crippen LogP contribution in [0.2, 0.25) is 0 Å². The molecule has 0 bridgehead atoms. The molecule has 0 spiro atoms. The average molecular weight is 401 g/mol. The lowest BCUT2D eigenvalue weighted by Gasteiger charge is -2.27. The summed E-state index contributed by atoms with van der Waals surface area (Å²) in [7, 11) is 0. The van der Waals surface area contributed by atoms with Gasteiger partial charge in [-0.2, -0.15) is 0 Å². The number of nitrogens with two attached hydrogens (primary N) is 1. The fraction of sp³-hybridized carbons (Fsp3) is 0.789. The zero-order chi connectivity index (χ0) is 22.2. The third-order valence-electron chi connectivity index (χ3n) is 4.80. The first-order valence-corrected chi connectivity index (χ1v) is 9.72. The first-order valence-electron chi connectivity index (χ1n) is 9.72. The van der Waals surface area contributed by atoms with Gasteiger partial charge in [-0.3, -0.25) is 14.4 Å². The minimum absolute atomic E-state index is 0.0886. The molecule has 5 atom stereocenters. The molecule has 0 saturated carbocycles. The number of aliphatic carboxylic acids is 1. The molecule has 0 aliphatic carbocycles. The van der Waals surface area contributed by atoms with Gasteiger partial charge in [-0.15, -0.1) is 0 Å². The van der Waals surface area contributed by atoms with Crippen molar-refractivity contribution in [3.8, 4) is 0 Å². The number of carboxylic acid groups (broad SMARTS) is 1. The summed E-state index contributed by atoms with van der Waals surface area (Å²) in [4.78, 5) is 48.5. The zero-order valence-corrected chi connectivity index (χ0v) is 17.9. The van der Waals surface area contributed by atoms with Crippen LogP contribution >= 0.6 is 0 Å². The van der Waals surface area contributed by atoms with Gasteiger partial charge < -0.3 is 26.8 Å². The van der Waals surface area contributed by atoms with Crippen molar-refractivity contribution in [1.29, 1.82) is 0 Å². The lowest BCUT2D eigenvalue weighted by molar-refractivity contribution is -0.143. The van der Waals surface area contributed by atoms with Crippen LogP contribution in [0, 0.1) is 17.8 Å². The molecule has 0 aliphatic heterocycles. The lowest BCUT2D eigenvalue weighted by Crippen LogP contribution is -2.58. The SMILES string of the molecule is CCC(C)C(NC(=O)C(N)C(C)C)C(=O)NC(C)C(=O)NC(C(=O)O)C(C)C. The predicted octanol–water partition coefficient (Wildman–Crippen LogP) is 0.231. The Bertz CT molecular complexity index is 565. The van der Waals surface area contributed by atoms with E-state index in [-0.39, 0.29) is 17.8 Å². The molecule has 0 aliphatic rings. The Labute approximate surface area is 167 Å². The number of hydrogen-bond donors (Lipinski definition) is 5. The van der Waals surface area contributed by atoms with Crippen molar-refractivity contribution >= 4 is 23.7 Å². The number of rotatable bonds is 11. The lowest BCUT2D eigenvalue weighted by atomic mass is 9.96. The summed E-state index contributed by atoms with van der Waals surface area (Å²) < 4.78 is 0. The molecule has 9 nitrogen and oxygen atoms in total. The Hall–Kier alpha value is -2.16. The van der Waals surface area contributed by atoms with E-state index < -0.39 is 47.9 Å². The maximum Gasteiger partial charge on any atom is 0.326 e. The number of carboxylic acids is 1. The maximum atomic E-state index is 12.7. The van der Waals surface area contributed by atoms with Gasteiger partial charge in [-0.1, -0.05) is 48.0 Å². The van der Waals surface area contributed by atoms with Gasteiger partial charge in [0.15, 0.2) is 0 Å². The van der Waals surface area contributed by atoms with E-state index in [0.29, 0.717) is 6.42 Å². The molecule has 0 saturated heterocycles. The molecule has 6 N–H and O–H groups in total. The van der Waals surface area contributed by atoms with Crippen molar-refractivity contribution in [3.63, 3.8) is 0 Å². The van der Waals surface area contributed by atoms with Crippen LogP contribution in [0.25, 0.3) is 0 Å². The van der Waals surface area contributed by atoms with E-state index in [1.165, 1.54) is 6.92 Å². The van der Waals surface area contributed by atoms with Crippen molar-refractivity contribution in [2.24, 2.45) is 23.5 Å². The summed E-state index contributed by atoms with van der Waals surface area (Å²) in [6, 6.07) is -3.61. The topological polar surface area (TPSA) is 151 Å². The van der Waals surface area contributed by atoms with Crippen molar-refractivity contribution in [1.82, 2.24) is 16.0 Å². The van der Waals surface area contributed by atoms with Gasteiger partial charge in [0.1, 0.15) is 18.1 Å². The van der Waals surface area contributed by atoms with E-state index in [2.05, 4.69) is 16.0 Å². The van der Waals surface area contributed by atoms with Crippen molar-refractivity contribution < 1.29 is 24.3 Å². The second-order valence-corrected chi connectivity index (χ2v) is 7.94. The van der Waals surface area contributed by atoms with Crippen LogP contribution in [0.3, 0.4) is 0 Å². The second-order valence-electron chi connectivity index (χ2n) is 7.94. The molecule has 3 amide bonds. The molecule has 162 valence electrons. The molecule has 0 rings (SSSR count). The second kappa shape index (κ2) is 11.6. The largest absolute Gasteiger partial charge is 0.480 e. The highest BCUT2D eigenvalue weighted by molar-refractivity contribution is 5.94. The normalized spacial score (nSPS) is 16.6. The molecule has 0 aromatic rings. The molecular formula is C19H36N4O5. The third kappa shape index (κ3) is 7.84. The summed E-state index contributed by atoms with van der Waals surface area (Å²) in [5.41, 5.74) is 5.85. The molecule has 0 aromatic heterocycles. The number of hydrogen-bond acceptors (Lipinski definition) is 5.